The monoisotopic (exact) mass is 252 g/mol. The zero-order valence-electron chi connectivity index (χ0n) is 11.0. The van der Waals surface area contributed by atoms with Gasteiger partial charge in [0.1, 0.15) is 6.10 Å². The SMILES string of the molecule is OC(CCCCC1CCCCCC1)c1nn[nH]n1. The van der Waals surface area contributed by atoms with E-state index in [4.69, 9.17) is 0 Å². The van der Waals surface area contributed by atoms with Gasteiger partial charge in [0.2, 0.25) is 5.82 Å². The lowest BCUT2D eigenvalue weighted by molar-refractivity contribution is 0.153. The molecule has 102 valence electrons. The van der Waals surface area contributed by atoms with Gasteiger partial charge in [-0.25, -0.2) is 0 Å². The molecule has 1 saturated carbocycles. The number of unbranched alkanes of at least 4 members (excludes halogenated alkanes) is 1. The van der Waals surface area contributed by atoms with Crippen molar-refractivity contribution in [3.05, 3.63) is 5.82 Å². The molecule has 2 rings (SSSR count). The molecule has 1 fully saturated rings. The number of tetrazole rings is 1. The van der Waals surface area contributed by atoms with Crippen molar-refractivity contribution >= 4 is 0 Å². The molecule has 1 atom stereocenters. The first kappa shape index (κ1) is 13.5. The van der Waals surface area contributed by atoms with Crippen LogP contribution in [0, 0.1) is 5.92 Å². The maximum atomic E-state index is 9.81. The molecule has 1 aliphatic rings. The molecular weight excluding hydrogens is 228 g/mol. The molecule has 18 heavy (non-hydrogen) atoms. The molecule has 0 amide bonds. The van der Waals surface area contributed by atoms with Gasteiger partial charge in [-0.1, -0.05) is 63.0 Å². The third-order valence-corrected chi connectivity index (χ3v) is 3.97. The number of aromatic nitrogens is 4. The highest BCUT2D eigenvalue weighted by molar-refractivity contribution is 4.82. The first-order chi connectivity index (χ1) is 8.86. The van der Waals surface area contributed by atoms with E-state index in [9.17, 15) is 5.11 Å². The number of aromatic amines is 1. The molecule has 2 N–H and O–H groups in total. The Hall–Kier alpha value is -0.970. The Kier molecular flexibility index (Phi) is 5.58. The van der Waals surface area contributed by atoms with Gasteiger partial charge in [0, 0.05) is 0 Å². The molecule has 1 unspecified atom stereocenters. The number of hydrogen-bond donors (Lipinski definition) is 2. The highest BCUT2D eigenvalue weighted by Gasteiger charge is 2.14. The highest BCUT2D eigenvalue weighted by Crippen LogP contribution is 2.27. The summed E-state index contributed by atoms with van der Waals surface area (Å²) in [6, 6.07) is 0. The largest absolute Gasteiger partial charge is 0.385 e. The van der Waals surface area contributed by atoms with Crippen molar-refractivity contribution in [1.82, 2.24) is 20.6 Å². The molecule has 0 radical (unpaired) electrons. The van der Waals surface area contributed by atoms with E-state index in [0.29, 0.717) is 5.82 Å². The highest BCUT2D eigenvalue weighted by atomic mass is 16.3. The van der Waals surface area contributed by atoms with E-state index in [1.807, 2.05) is 0 Å². The lowest BCUT2D eigenvalue weighted by Gasteiger charge is -2.13. The quantitative estimate of drug-likeness (QED) is 0.603. The Morgan fingerprint density at radius 3 is 2.61 bits per heavy atom. The smallest absolute Gasteiger partial charge is 0.202 e. The zero-order valence-corrected chi connectivity index (χ0v) is 11.0. The first-order valence-corrected chi connectivity index (χ1v) is 7.27. The van der Waals surface area contributed by atoms with Gasteiger partial charge in [-0.2, -0.15) is 5.21 Å². The summed E-state index contributed by atoms with van der Waals surface area (Å²) in [5, 5.41) is 23.2. The predicted octanol–water partition coefficient (Wildman–Crippen LogP) is 2.76. The van der Waals surface area contributed by atoms with Gasteiger partial charge in [-0.05, 0) is 12.3 Å². The van der Waals surface area contributed by atoms with Gasteiger partial charge in [0.05, 0.1) is 0 Å². The van der Waals surface area contributed by atoms with Crippen molar-refractivity contribution in [2.75, 3.05) is 0 Å². The molecule has 1 heterocycles. The zero-order chi connectivity index (χ0) is 12.6. The van der Waals surface area contributed by atoms with Crippen molar-refractivity contribution in [1.29, 1.82) is 0 Å². The van der Waals surface area contributed by atoms with E-state index >= 15 is 0 Å². The van der Waals surface area contributed by atoms with Crippen LogP contribution < -0.4 is 0 Å². The lowest BCUT2D eigenvalue weighted by Crippen LogP contribution is -2.02. The molecule has 5 nitrogen and oxygen atoms in total. The second kappa shape index (κ2) is 7.46. The van der Waals surface area contributed by atoms with Crippen LogP contribution in [0.5, 0.6) is 0 Å². The molecule has 0 aliphatic heterocycles. The summed E-state index contributed by atoms with van der Waals surface area (Å²) in [7, 11) is 0. The fourth-order valence-electron chi connectivity index (χ4n) is 2.86. The molecule has 1 aromatic rings. The van der Waals surface area contributed by atoms with Crippen LogP contribution in [0.1, 0.15) is 76.1 Å². The van der Waals surface area contributed by atoms with Crippen LogP contribution in [0.3, 0.4) is 0 Å². The maximum absolute atomic E-state index is 9.81. The van der Waals surface area contributed by atoms with Crippen LogP contribution in [0.4, 0.5) is 0 Å². The summed E-state index contributed by atoms with van der Waals surface area (Å²) < 4.78 is 0. The summed E-state index contributed by atoms with van der Waals surface area (Å²) in [5.41, 5.74) is 0. The van der Waals surface area contributed by atoms with E-state index in [1.165, 1.54) is 51.4 Å². The summed E-state index contributed by atoms with van der Waals surface area (Å²) in [4.78, 5) is 0. The van der Waals surface area contributed by atoms with Crippen molar-refractivity contribution in [3.8, 4) is 0 Å². The number of nitrogens with one attached hydrogen (secondary N) is 1. The fourth-order valence-corrected chi connectivity index (χ4v) is 2.86. The predicted molar refractivity (Wildman–Crippen MR) is 68.8 cm³/mol. The minimum Gasteiger partial charge on any atom is -0.385 e. The molecule has 1 aromatic heterocycles. The summed E-state index contributed by atoms with van der Waals surface area (Å²) >= 11 is 0. The Balaban J connectivity index is 1.57. The maximum Gasteiger partial charge on any atom is 0.202 e. The average molecular weight is 252 g/mol. The third kappa shape index (κ3) is 4.37. The molecule has 0 bridgehead atoms. The number of aliphatic hydroxyl groups excluding tert-OH is 1. The van der Waals surface area contributed by atoms with Gasteiger partial charge in [0.25, 0.3) is 0 Å². The molecule has 5 heteroatoms. The minimum absolute atomic E-state index is 0.421. The van der Waals surface area contributed by atoms with Gasteiger partial charge in [-0.3, -0.25) is 0 Å². The van der Waals surface area contributed by atoms with Crippen LogP contribution in [-0.2, 0) is 0 Å². The number of H-pyrrole nitrogens is 1. The standard InChI is InChI=1S/C13H24N4O/c18-12(13-14-16-17-15-13)10-6-5-9-11-7-3-1-2-4-8-11/h11-12,18H,1-10H2,(H,14,15,16,17). The lowest BCUT2D eigenvalue weighted by atomic mass is 9.93. The summed E-state index contributed by atoms with van der Waals surface area (Å²) in [5.74, 6) is 1.35. The minimum atomic E-state index is -0.558. The Bertz CT molecular complexity index is 307. The number of nitrogens with zero attached hydrogens (tertiary/aromatic N) is 3. The van der Waals surface area contributed by atoms with Gasteiger partial charge in [-0.15, -0.1) is 10.2 Å². The Morgan fingerprint density at radius 2 is 1.94 bits per heavy atom. The van der Waals surface area contributed by atoms with Crippen LogP contribution in [0.25, 0.3) is 0 Å². The Morgan fingerprint density at radius 1 is 1.17 bits per heavy atom. The molecule has 0 saturated heterocycles. The van der Waals surface area contributed by atoms with Crippen molar-refractivity contribution in [3.63, 3.8) is 0 Å². The van der Waals surface area contributed by atoms with Gasteiger partial charge >= 0.3 is 0 Å². The van der Waals surface area contributed by atoms with Crippen LogP contribution in [0.15, 0.2) is 0 Å². The van der Waals surface area contributed by atoms with Crippen LogP contribution in [0.2, 0.25) is 0 Å². The molecule has 0 spiro atoms. The summed E-state index contributed by atoms with van der Waals surface area (Å²) in [6.45, 7) is 0. The molecule has 0 aromatic carbocycles. The van der Waals surface area contributed by atoms with E-state index < -0.39 is 6.10 Å². The second-order valence-corrected chi connectivity index (χ2v) is 5.43. The number of aliphatic hydroxyl groups is 1. The topological polar surface area (TPSA) is 74.7 Å². The van der Waals surface area contributed by atoms with Gasteiger partial charge in [0.15, 0.2) is 0 Å². The van der Waals surface area contributed by atoms with Crippen molar-refractivity contribution < 1.29 is 5.11 Å². The number of rotatable bonds is 6. The second-order valence-electron chi connectivity index (χ2n) is 5.43. The van der Waals surface area contributed by atoms with E-state index in [1.54, 1.807) is 0 Å². The fraction of sp³-hybridized carbons (Fsp3) is 0.923. The van der Waals surface area contributed by atoms with Crippen molar-refractivity contribution in [2.45, 2.75) is 70.3 Å². The van der Waals surface area contributed by atoms with E-state index in [0.717, 1.165) is 18.8 Å². The number of hydrogen-bond acceptors (Lipinski definition) is 4. The average Bonchev–Trinajstić information content (AvgIpc) is 2.80. The van der Waals surface area contributed by atoms with Crippen LogP contribution >= 0.6 is 0 Å². The van der Waals surface area contributed by atoms with Crippen molar-refractivity contribution in [2.24, 2.45) is 5.92 Å². The van der Waals surface area contributed by atoms with E-state index in [2.05, 4.69) is 20.6 Å². The molecule has 1 aliphatic carbocycles. The molecular formula is C13H24N4O. The summed E-state index contributed by atoms with van der Waals surface area (Å²) in [6.07, 6.45) is 12.3. The van der Waals surface area contributed by atoms with Crippen LogP contribution in [-0.4, -0.2) is 25.7 Å². The van der Waals surface area contributed by atoms with Gasteiger partial charge < -0.3 is 5.11 Å². The normalized spacial score (nSPS) is 19.6. The Labute approximate surface area is 108 Å². The first-order valence-electron chi connectivity index (χ1n) is 7.27. The third-order valence-electron chi connectivity index (χ3n) is 3.97. The van der Waals surface area contributed by atoms with E-state index in [-0.39, 0.29) is 0 Å².